The number of ether oxygens (including phenoxy) is 1. The summed E-state index contributed by atoms with van der Waals surface area (Å²) < 4.78 is 19.3. The van der Waals surface area contributed by atoms with Crippen molar-refractivity contribution in [2.24, 2.45) is 0 Å². The minimum absolute atomic E-state index is 0.0848. The number of carbonyl (C=O) groups excluding carboxylic acids is 2. The van der Waals surface area contributed by atoms with Gasteiger partial charge in [-0.1, -0.05) is 36.4 Å². The first-order valence-corrected chi connectivity index (χ1v) is 11.0. The molecule has 3 amide bonds. The minimum Gasteiger partial charge on any atom is -0.490 e. The summed E-state index contributed by atoms with van der Waals surface area (Å²) in [6.45, 7) is 1.40. The molecule has 1 aliphatic rings. The lowest BCUT2D eigenvalue weighted by molar-refractivity contribution is 0.0950. The third-order valence-electron chi connectivity index (χ3n) is 5.49. The van der Waals surface area contributed by atoms with Gasteiger partial charge in [-0.2, -0.15) is 0 Å². The number of benzene rings is 3. The van der Waals surface area contributed by atoms with Gasteiger partial charge >= 0.3 is 6.03 Å². The predicted octanol–water partition coefficient (Wildman–Crippen LogP) is 4.83. The number of piperidine rings is 1. The highest BCUT2D eigenvalue weighted by Gasteiger charge is 2.24. The highest BCUT2D eigenvalue weighted by Crippen LogP contribution is 2.20. The van der Waals surface area contributed by atoms with E-state index in [0.29, 0.717) is 29.9 Å². The first-order chi connectivity index (χ1) is 16.1. The number of carbonyl (C=O) groups is 2. The van der Waals surface area contributed by atoms with Gasteiger partial charge in [-0.3, -0.25) is 4.79 Å². The molecule has 0 atom stereocenters. The number of nitrogens with one attached hydrogen (secondary N) is 2. The Balaban J connectivity index is 1.27. The molecule has 0 aliphatic carbocycles. The van der Waals surface area contributed by atoms with Crippen LogP contribution in [0, 0.1) is 5.82 Å². The van der Waals surface area contributed by atoms with Gasteiger partial charge in [-0.05, 0) is 48.0 Å². The summed E-state index contributed by atoms with van der Waals surface area (Å²) in [7, 11) is 0. The molecule has 1 heterocycles. The Hall–Kier alpha value is -3.87. The molecule has 6 nitrogen and oxygen atoms in total. The van der Waals surface area contributed by atoms with Gasteiger partial charge in [-0.15, -0.1) is 0 Å². The van der Waals surface area contributed by atoms with Crippen molar-refractivity contribution in [3.05, 3.63) is 95.8 Å². The van der Waals surface area contributed by atoms with Crippen molar-refractivity contribution in [1.82, 2.24) is 10.2 Å². The SMILES string of the molecule is O=C(NCc1cccc(F)c1)c1cccc(NC(=O)N2CCC(Oc3ccccc3)CC2)c1. The van der Waals surface area contributed by atoms with Crippen LogP contribution < -0.4 is 15.4 Å². The lowest BCUT2D eigenvalue weighted by atomic mass is 10.1. The van der Waals surface area contributed by atoms with E-state index in [1.807, 2.05) is 30.3 Å². The fraction of sp³-hybridized carbons (Fsp3) is 0.231. The molecule has 3 aromatic rings. The van der Waals surface area contributed by atoms with Crippen LogP contribution in [0.1, 0.15) is 28.8 Å². The van der Waals surface area contributed by atoms with Crippen LogP contribution in [0.25, 0.3) is 0 Å². The van der Waals surface area contributed by atoms with Gasteiger partial charge in [0.15, 0.2) is 0 Å². The van der Waals surface area contributed by atoms with Crippen LogP contribution in [0.5, 0.6) is 5.75 Å². The topological polar surface area (TPSA) is 70.7 Å². The summed E-state index contributed by atoms with van der Waals surface area (Å²) in [4.78, 5) is 26.9. The molecule has 4 rings (SSSR count). The maximum absolute atomic E-state index is 13.3. The molecule has 0 saturated carbocycles. The second kappa shape index (κ2) is 10.6. The Bertz CT molecular complexity index is 1100. The number of rotatable bonds is 6. The molecular formula is C26H26FN3O3. The molecule has 170 valence electrons. The Kier molecular flexibility index (Phi) is 7.19. The third-order valence-corrected chi connectivity index (χ3v) is 5.49. The fourth-order valence-corrected chi connectivity index (χ4v) is 3.74. The van der Waals surface area contributed by atoms with Crippen molar-refractivity contribution >= 4 is 17.6 Å². The largest absolute Gasteiger partial charge is 0.490 e. The lowest BCUT2D eigenvalue weighted by Gasteiger charge is -2.32. The van der Waals surface area contributed by atoms with E-state index in [2.05, 4.69) is 10.6 Å². The van der Waals surface area contributed by atoms with Gasteiger partial charge in [0.25, 0.3) is 5.91 Å². The Morgan fingerprint density at radius 3 is 2.45 bits per heavy atom. The quantitative estimate of drug-likeness (QED) is 0.569. The van der Waals surface area contributed by atoms with Gasteiger partial charge < -0.3 is 20.3 Å². The Labute approximate surface area is 192 Å². The monoisotopic (exact) mass is 447 g/mol. The highest BCUT2D eigenvalue weighted by atomic mass is 19.1. The van der Waals surface area contributed by atoms with Crippen LogP contribution in [0.15, 0.2) is 78.9 Å². The smallest absolute Gasteiger partial charge is 0.321 e. The zero-order valence-electron chi connectivity index (χ0n) is 18.2. The lowest BCUT2D eigenvalue weighted by Crippen LogP contribution is -2.43. The van der Waals surface area contributed by atoms with Crippen molar-refractivity contribution in [2.45, 2.75) is 25.5 Å². The van der Waals surface area contributed by atoms with E-state index in [9.17, 15) is 14.0 Å². The molecule has 1 saturated heterocycles. The Morgan fingerprint density at radius 1 is 0.939 bits per heavy atom. The summed E-state index contributed by atoms with van der Waals surface area (Å²) >= 11 is 0. The third kappa shape index (κ3) is 6.32. The molecule has 1 fully saturated rings. The normalized spacial score (nSPS) is 13.9. The molecule has 1 aliphatic heterocycles. The molecule has 0 spiro atoms. The van der Waals surface area contributed by atoms with E-state index in [1.165, 1.54) is 12.1 Å². The predicted molar refractivity (Wildman–Crippen MR) is 125 cm³/mol. The van der Waals surface area contributed by atoms with E-state index in [4.69, 9.17) is 4.74 Å². The first kappa shape index (κ1) is 22.3. The van der Waals surface area contributed by atoms with Crippen LogP contribution in [-0.4, -0.2) is 36.0 Å². The number of likely N-dealkylation sites (tertiary alicyclic amines) is 1. The number of urea groups is 1. The number of hydrogen-bond acceptors (Lipinski definition) is 3. The number of halogens is 1. The van der Waals surface area contributed by atoms with Crippen LogP contribution in [0.2, 0.25) is 0 Å². The molecule has 0 aromatic heterocycles. The summed E-state index contributed by atoms with van der Waals surface area (Å²) in [5.41, 5.74) is 1.63. The van der Waals surface area contributed by atoms with Crippen molar-refractivity contribution < 1.29 is 18.7 Å². The highest BCUT2D eigenvalue weighted by molar-refractivity contribution is 5.96. The maximum atomic E-state index is 13.3. The molecule has 33 heavy (non-hydrogen) atoms. The van der Waals surface area contributed by atoms with Gasteiger partial charge in [0.05, 0.1) is 0 Å². The molecule has 3 aromatic carbocycles. The summed E-state index contributed by atoms with van der Waals surface area (Å²) in [5.74, 6) is 0.198. The number of amides is 3. The summed E-state index contributed by atoms with van der Waals surface area (Å²) in [5, 5.41) is 5.64. The molecule has 0 radical (unpaired) electrons. The second-order valence-electron chi connectivity index (χ2n) is 7.94. The number of para-hydroxylation sites is 1. The number of hydrogen-bond donors (Lipinski definition) is 2. The Morgan fingerprint density at radius 2 is 1.70 bits per heavy atom. The van der Waals surface area contributed by atoms with Crippen LogP contribution in [0.4, 0.5) is 14.9 Å². The molecule has 0 bridgehead atoms. The molecule has 0 unspecified atom stereocenters. The zero-order valence-corrected chi connectivity index (χ0v) is 18.2. The van der Waals surface area contributed by atoms with Crippen molar-refractivity contribution in [2.75, 3.05) is 18.4 Å². The minimum atomic E-state index is -0.345. The molecule has 7 heteroatoms. The standard InChI is InChI=1S/C26H26FN3O3/c27-21-8-4-6-19(16-21)18-28-25(31)20-7-5-9-22(17-20)29-26(32)30-14-12-24(13-15-30)33-23-10-2-1-3-11-23/h1-11,16-17,24H,12-15,18H2,(H,28,31)(H,29,32). The second-order valence-corrected chi connectivity index (χ2v) is 7.94. The van der Waals surface area contributed by atoms with Gasteiger partial charge in [0.1, 0.15) is 17.7 Å². The maximum Gasteiger partial charge on any atom is 0.321 e. The van der Waals surface area contributed by atoms with Crippen molar-refractivity contribution in [3.63, 3.8) is 0 Å². The van der Waals surface area contributed by atoms with Gasteiger partial charge in [-0.25, -0.2) is 9.18 Å². The van der Waals surface area contributed by atoms with Gasteiger partial charge in [0.2, 0.25) is 0 Å². The average molecular weight is 448 g/mol. The number of anilines is 1. The van der Waals surface area contributed by atoms with Crippen molar-refractivity contribution in [1.29, 1.82) is 0 Å². The molecular weight excluding hydrogens is 421 g/mol. The first-order valence-electron chi connectivity index (χ1n) is 11.0. The van der Waals surface area contributed by atoms with E-state index in [0.717, 1.165) is 18.6 Å². The van der Waals surface area contributed by atoms with E-state index >= 15 is 0 Å². The van der Waals surface area contributed by atoms with Crippen molar-refractivity contribution in [3.8, 4) is 5.75 Å². The van der Waals surface area contributed by atoms with Crippen LogP contribution in [-0.2, 0) is 6.54 Å². The van der Waals surface area contributed by atoms with Crippen LogP contribution >= 0.6 is 0 Å². The average Bonchev–Trinajstić information content (AvgIpc) is 2.84. The molecule has 2 N–H and O–H groups in total. The van der Waals surface area contributed by atoms with Gasteiger partial charge in [0, 0.05) is 43.7 Å². The van der Waals surface area contributed by atoms with E-state index in [1.54, 1.807) is 41.3 Å². The number of nitrogens with zero attached hydrogens (tertiary/aromatic N) is 1. The fourth-order valence-electron chi connectivity index (χ4n) is 3.74. The van der Waals surface area contributed by atoms with E-state index < -0.39 is 0 Å². The van der Waals surface area contributed by atoms with E-state index in [-0.39, 0.29) is 30.4 Å². The zero-order chi connectivity index (χ0) is 23.0. The summed E-state index contributed by atoms with van der Waals surface area (Å²) in [6.07, 6.45) is 1.59. The summed E-state index contributed by atoms with van der Waals surface area (Å²) in [6, 6.07) is 22.3. The van der Waals surface area contributed by atoms with Crippen LogP contribution in [0.3, 0.4) is 0 Å².